The molecule has 0 aliphatic heterocycles. The standard InChI is InChI=1S/C27H44O2/c1-6-7-8-18(2)23-11-12-24-22-10-9-20-17-21(29-19(3)28)13-15-26(20,4)25(22)14-16-27(23,24)5/h9,18,21-25H,6-8,10-17H2,1-5H3/t18-,21?,22+,23-,24+,25+,26+,27-/m1/s1. The van der Waals surface area contributed by atoms with Crippen LogP contribution >= 0.6 is 0 Å². The van der Waals surface area contributed by atoms with E-state index < -0.39 is 0 Å². The van der Waals surface area contributed by atoms with Gasteiger partial charge in [0.15, 0.2) is 0 Å². The van der Waals surface area contributed by atoms with Crippen LogP contribution in [0.4, 0.5) is 0 Å². The number of hydrogen-bond donors (Lipinski definition) is 0. The smallest absolute Gasteiger partial charge is 0.302 e. The van der Waals surface area contributed by atoms with E-state index in [1.807, 2.05) is 0 Å². The van der Waals surface area contributed by atoms with Crippen LogP contribution in [0.5, 0.6) is 0 Å². The summed E-state index contributed by atoms with van der Waals surface area (Å²) in [5, 5.41) is 0. The summed E-state index contributed by atoms with van der Waals surface area (Å²) < 4.78 is 5.60. The number of hydrogen-bond acceptors (Lipinski definition) is 2. The summed E-state index contributed by atoms with van der Waals surface area (Å²) in [5.41, 5.74) is 2.54. The van der Waals surface area contributed by atoms with Crippen molar-refractivity contribution < 1.29 is 9.53 Å². The molecule has 29 heavy (non-hydrogen) atoms. The molecule has 0 aromatic rings. The Morgan fingerprint density at radius 3 is 2.69 bits per heavy atom. The second-order valence-electron chi connectivity index (χ2n) is 11.6. The van der Waals surface area contributed by atoms with Gasteiger partial charge in [-0.05, 0) is 85.4 Å². The van der Waals surface area contributed by atoms with Crippen molar-refractivity contribution in [1.29, 1.82) is 0 Å². The van der Waals surface area contributed by atoms with E-state index in [1.54, 1.807) is 12.5 Å². The number of allylic oxidation sites excluding steroid dienone is 1. The van der Waals surface area contributed by atoms with Gasteiger partial charge in [0, 0.05) is 13.3 Å². The summed E-state index contributed by atoms with van der Waals surface area (Å²) in [6, 6.07) is 0. The summed E-state index contributed by atoms with van der Waals surface area (Å²) >= 11 is 0. The largest absolute Gasteiger partial charge is 0.462 e. The van der Waals surface area contributed by atoms with E-state index in [0.717, 1.165) is 42.4 Å². The maximum atomic E-state index is 11.4. The molecular weight excluding hydrogens is 356 g/mol. The molecule has 0 aromatic heterocycles. The lowest BCUT2D eigenvalue weighted by molar-refractivity contribution is -0.148. The van der Waals surface area contributed by atoms with Crippen molar-refractivity contribution in [2.24, 2.45) is 40.4 Å². The van der Waals surface area contributed by atoms with Gasteiger partial charge in [0.25, 0.3) is 0 Å². The molecule has 4 aliphatic rings. The molecule has 0 N–H and O–H groups in total. The number of carbonyl (C=O) groups is 1. The first-order chi connectivity index (χ1) is 13.8. The molecule has 0 spiro atoms. The van der Waals surface area contributed by atoms with Crippen LogP contribution in [-0.2, 0) is 9.53 Å². The van der Waals surface area contributed by atoms with Crippen molar-refractivity contribution in [2.45, 2.75) is 111 Å². The van der Waals surface area contributed by atoms with E-state index in [-0.39, 0.29) is 12.1 Å². The van der Waals surface area contributed by atoms with Crippen LogP contribution in [-0.4, -0.2) is 12.1 Å². The molecule has 0 aromatic carbocycles. The van der Waals surface area contributed by atoms with Gasteiger partial charge in [-0.1, -0.05) is 58.6 Å². The molecule has 164 valence electrons. The lowest BCUT2D eigenvalue weighted by Gasteiger charge is -2.58. The van der Waals surface area contributed by atoms with Crippen LogP contribution in [0.25, 0.3) is 0 Å². The van der Waals surface area contributed by atoms with Crippen molar-refractivity contribution in [3.05, 3.63) is 11.6 Å². The van der Waals surface area contributed by atoms with Crippen LogP contribution in [0, 0.1) is 40.4 Å². The summed E-state index contributed by atoms with van der Waals surface area (Å²) in [6.45, 7) is 11.7. The first-order valence-corrected chi connectivity index (χ1v) is 12.7. The minimum Gasteiger partial charge on any atom is -0.462 e. The van der Waals surface area contributed by atoms with Gasteiger partial charge in [0.05, 0.1) is 0 Å². The maximum absolute atomic E-state index is 11.4. The highest BCUT2D eigenvalue weighted by molar-refractivity contribution is 5.66. The molecule has 3 fully saturated rings. The quantitative estimate of drug-likeness (QED) is 0.357. The lowest BCUT2D eigenvalue weighted by Crippen LogP contribution is -2.51. The molecule has 4 aliphatic carbocycles. The third-order valence-electron chi connectivity index (χ3n) is 10.2. The third-order valence-corrected chi connectivity index (χ3v) is 10.2. The van der Waals surface area contributed by atoms with Crippen LogP contribution in [0.15, 0.2) is 11.6 Å². The molecule has 0 heterocycles. The molecule has 0 amide bonds. The predicted molar refractivity (Wildman–Crippen MR) is 119 cm³/mol. The van der Waals surface area contributed by atoms with Gasteiger partial charge in [-0.15, -0.1) is 0 Å². The molecule has 8 atom stereocenters. The maximum Gasteiger partial charge on any atom is 0.302 e. The fraction of sp³-hybridized carbons (Fsp3) is 0.889. The SMILES string of the molecule is CCCC[C@@H](C)[C@H]1CC[C@H]2[C@@H]3CC=C4CC(OC(C)=O)CC[C@]4(C)[C@H]3CC[C@]12C. The Hall–Kier alpha value is -0.790. The van der Waals surface area contributed by atoms with Crippen LogP contribution in [0.3, 0.4) is 0 Å². The molecular formula is C27H44O2. The zero-order chi connectivity index (χ0) is 20.8. The van der Waals surface area contributed by atoms with Gasteiger partial charge in [-0.25, -0.2) is 0 Å². The summed E-state index contributed by atoms with van der Waals surface area (Å²) in [7, 11) is 0. The number of esters is 1. The topological polar surface area (TPSA) is 26.3 Å². The van der Waals surface area contributed by atoms with E-state index in [1.165, 1.54) is 57.8 Å². The van der Waals surface area contributed by atoms with E-state index in [4.69, 9.17) is 4.74 Å². The normalized spacial score (nSPS) is 44.9. The lowest BCUT2D eigenvalue weighted by atomic mass is 9.47. The Bertz CT molecular complexity index is 651. The molecule has 3 saturated carbocycles. The van der Waals surface area contributed by atoms with Gasteiger partial charge in [0.2, 0.25) is 0 Å². The van der Waals surface area contributed by atoms with Gasteiger partial charge in [0.1, 0.15) is 6.10 Å². The molecule has 0 radical (unpaired) electrons. The predicted octanol–water partition coefficient (Wildman–Crippen LogP) is 7.32. The number of unbranched alkanes of at least 4 members (excludes halogenated alkanes) is 1. The first-order valence-electron chi connectivity index (χ1n) is 12.7. The van der Waals surface area contributed by atoms with Crippen molar-refractivity contribution >= 4 is 5.97 Å². The average Bonchev–Trinajstić information content (AvgIpc) is 3.03. The summed E-state index contributed by atoms with van der Waals surface area (Å²) in [4.78, 5) is 11.4. The second-order valence-corrected chi connectivity index (χ2v) is 11.6. The highest BCUT2D eigenvalue weighted by Gasteiger charge is 2.59. The van der Waals surface area contributed by atoms with Gasteiger partial charge >= 0.3 is 5.97 Å². The summed E-state index contributed by atoms with van der Waals surface area (Å²) in [5.74, 6) is 4.38. The molecule has 1 unspecified atom stereocenters. The fourth-order valence-corrected chi connectivity index (χ4v) is 8.67. The van der Waals surface area contributed by atoms with Crippen LogP contribution < -0.4 is 0 Å². The monoisotopic (exact) mass is 400 g/mol. The first kappa shape index (κ1) is 21.4. The van der Waals surface area contributed by atoms with Crippen molar-refractivity contribution in [3.63, 3.8) is 0 Å². The molecule has 0 saturated heterocycles. The number of rotatable bonds is 5. The highest BCUT2D eigenvalue weighted by Crippen LogP contribution is 2.67. The Labute approximate surface area is 179 Å². The molecule has 4 rings (SSSR count). The highest BCUT2D eigenvalue weighted by atomic mass is 16.5. The number of ether oxygens (including phenoxy) is 1. The molecule has 2 nitrogen and oxygen atoms in total. The average molecular weight is 401 g/mol. The zero-order valence-corrected chi connectivity index (χ0v) is 19.6. The van der Waals surface area contributed by atoms with Crippen LogP contribution in [0.2, 0.25) is 0 Å². The third kappa shape index (κ3) is 3.61. The van der Waals surface area contributed by atoms with Gasteiger partial charge in [-0.3, -0.25) is 4.79 Å². The van der Waals surface area contributed by atoms with E-state index in [0.29, 0.717) is 10.8 Å². The summed E-state index contributed by atoms with van der Waals surface area (Å²) in [6.07, 6.45) is 17.2. The van der Waals surface area contributed by atoms with Crippen molar-refractivity contribution in [3.8, 4) is 0 Å². The fourth-order valence-electron chi connectivity index (χ4n) is 8.67. The van der Waals surface area contributed by atoms with E-state index in [9.17, 15) is 4.79 Å². The van der Waals surface area contributed by atoms with E-state index in [2.05, 4.69) is 33.8 Å². The van der Waals surface area contributed by atoms with Crippen LogP contribution in [0.1, 0.15) is 105 Å². The Balaban J connectivity index is 1.52. The minimum absolute atomic E-state index is 0.115. The molecule has 0 bridgehead atoms. The Morgan fingerprint density at radius 2 is 1.97 bits per heavy atom. The van der Waals surface area contributed by atoms with E-state index >= 15 is 0 Å². The minimum atomic E-state index is -0.115. The second kappa shape index (κ2) is 8.04. The molecule has 2 heteroatoms. The zero-order valence-electron chi connectivity index (χ0n) is 19.6. The number of fused-ring (bicyclic) bond motifs is 5. The Morgan fingerprint density at radius 1 is 1.17 bits per heavy atom. The van der Waals surface area contributed by atoms with Crippen molar-refractivity contribution in [2.75, 3.05) is 0 Å². The van der Waals surface area contributed by atoms with Gasteiger partial charge < -0.3 is 4.74 Å². The Kier molecular flexibility index (Phi) is 5.95. The van der Waals surface area contributed by atoms with Gasteiger partial charge in [-0.2, -0.15) is 0 Å². The van der Waals surface area contributed by atoms with Crippen molar-refractivity contribution in [1.82, 2.24) is 0 Å². The number of carbonyl (C=O) groups excluding carboxylic acids is 1.